The summed E-state index contributed by atoms with van der Waals surface area (Å²) in [5, 5.41) is 2.50. The number of hydrogen-bond acceptors (Lipinski definition) is 4. The first-order valence-corrected chi connectivity index (χ1v) is 20.1. The molecule has 0 saturated carbocycles. The van der Waals surface area contributed by atoms with Crippen molar-refractivity contribution in [2.24, 2.45) is 0 Å². The van der Waals surface area contributed by atoms with Crippen LogP contribution in [-0.2, 0) is 6.42 Å². The number of aromatic nitrogens is 1. The van der Waals surface area contributed by atoms with Gasteiger partial charge in [0.15, 0.2) is 5.76 Å². The molecule has 0 radical (unpaired) electrons. The average Bonchev–Trinajstić information content (AvgIpc) is 3.83. The summed E-state index contributed by atoms with van der Waals surface area (Å²) in [6.07, 6.45) is 5.42. The first kappa shape index (κ1) is 32.5. The van der Waals surface area contributed by atoms with Crippen LogP contribution in [0.3, 0.4) is 0 Å². The van der Waals surface area contributed by atoms with Crippen LogP contribution in [0.1, 0.15) is 75.6 Å². The van der Waals surface area contributed by atoms with Gasteiger partial charge in [0.2, 0.25) is 5.89 Å². The molecule has 1 saturated heterocycles. The lowest BCUT2D eigenvalue weighted by atomic mass is 9.86. The molecule has 1 fully saturated rings. The lowest BCUT2D eigenvalue weighted by molar-refractivity contribution is 0.144. The third-order valence-corrected chi connectivity index (χ3v) is 15.8. The summed E-state index contributed by atoms with van der Waals surface area (Å²) < 4.78 is 14.5. The van der Waals surface area contributed by atoms with Gasteiger partial charge in [0.25, 0.3) is 0 Å². The number of likely N-dealkylation sites (tertiary alicyclic amines) is 1. The van der Waals surface area contributed by atoms with Gasteiger partial charge in [-0.15, -0.1) is 0 Å². The van der Waals surface area contributed by atoms with Gasteiger partial charge in [-0.05, 0) is 71.3 Å². The molecular weight excluding hydrogens is 629 g/mol. The summed E-state index contributed by atoms with van der Waals surface area (Å²) in [7, 11) is -2.78. The maximum absolute atomic E-state index is 7.67. The van der Waals surface area contributed by atoms with Crippen molar-refractivity contribution in [2.75, 3.05) is 6.54 Å². The molecule has 0 N–H and O–H groups in total. The summed E-state index contributed by atoms with van der Waals surface area (Å²) in [6, 6.07) is 50.1. The smallest absolute Gasteiger partial charge is 0.319 e. The predicted molar refractivity (Wildman–Crippen MR) is 206 cm³/mol. The number of fused-ring (bicyclic) bond motifs is 1. The molecule has 0 amide bonds. The fourth-order valence-corrected chi connectivity index (χ4v) is 13.0. The van der Waals surface area contributed by atoms with Crippen LogP contribution in [0.25, 0.3) is 22.6 Å². The molecular formula is C45H46N2O2Si. The maximum Gasteiger partial charge on any atom is 0.319 e. The van der Waals surface area contributed by atoms with Crippen molar-refractivity contribution in [3.05, 3.63) is 157 Å². The summed E-state index contributed by atoms with van der Waals surface area (Å²) in [5.41, 5.74) is 5.83. The van der Waals surface area contributed by atoms with E-state index in [1.165, 1.54) is 21.5 Å². The minimum atomic E-state index is -2.78. The third-order valence-electron chi connectivity index (χ3n) is 10.8. The van der Waals surface area contributed by atoms with Gasteiger partial charge in [0.05, 0.1) is 6.04 Å². The maximum atomic E-state index is 7.67. The molecule has 6 aromatic rings. The van der Waals surface area contributed by atoms with Crippen LogP contribution >= 0.6 is 0 Å². The summed E-state index contributed by atoms with van der Waals surface area (Å²) in [5.74, 6) is 2.72. The van der Waals surface area contributed by atoms with Crippen molar-refractivity contribution in [1.29, 1.82) is 0 Å². The fourth-order valence-electron chi connectivity index (χ4n) is 8.53. The van der Waals surface area contributed by atoms with Crippen LogP contribution in [0.5, 0.6) is 5.75 Å². The number of oxazole rings is 1. The van der Waals surface area contributed by atoms with E-state index >= 15 is 0 Å². The molecule has 50 heavy (non-hydrogen) atoms. The highest BCUT2D eigenvalue weighted by Crippen LogP contribution is 2.48. The average molecular weight is 675 g/mol. The highest BCUT2D eigenvalue weighted by Gasteiger charge is 2.52. The Kier molecular flexibility index (Phi) is 8.80. The zero-order valence-corrected chi connectivity index (χ0v) is 30.4. The van der Waals surface area contributed by atoms with Gasteiger partial charge in [0.1, 0.15) is 11.4 Å². The molecule has 5 heteroatoms. The molecule has 2 aliphatic rings. The molecule has 4 nitrogen and oxygen atoms in total. The van der Waals surface area contributed by atoms with Crippen molar-refractivity contribution < 1.29 is 8.84 Å². The van der Waals surface area contributed by atoms with Crippen LogP contribution in [0.2, 0.25) is 5.04 Å². The van der Waals surface area contributed by atoms with Gasteiger partial charge in [0, 0.05) is 17.2 Å². The van der Waals surface area contributed by atoms with Crippen LogP contribution in [0.15, 0.2) is 144 Å². The number of rotatable bonds is 8. The minimum Gasteiger partial charge on any atom is -0.534 e. The number of benzene rings is 5. The van der Waals surface area contributed by atoms with Crippen molar-refractivity contribution in [1.82, 2.24) is 9.88 Å². The summed E-state index contributed by atoms with van der Waals surface area (Å²) in [6.45, 7) is 8.10. The van der Waals surface area contributed by atoms with Gasteiger partial charge in [-0.25, -0.2) is 4.98 Å². The lowest BCUT2D eigenvalue weighted by Crippen LogP contribution is -2.69. The molecule has 1 aliphatic heterocycles. The predicted octanol–water partition coefficient (Wildman–Crippen LogP) is 10.2. The molecule has 5 aromatic carbocycles. The van der Waals surface area contributed by atoms with E-state index in [4.69, 9.17) is 13.8 Å². The highest BCUT2D eigenvalue weighted by atomic mass is 28.4. The number of nitrogens with zero attached hydrogens (tertiary/aromatic N) is 2. The standard InChI is InChI=1S/C45H46N2O2Si/c1-45(2,3)50(35-23-12-6-13-24-35,36-25-14-7-15-26-36)49-41-31-17-27-37-38(41)28-16-29-39(37)47-32-18-30-40(47)44-46-42(33-19-8-4-9-20-33)43(48-44)34-21-10-5-11-22-34/h4-15,17,19-27,31,39-40H,16,18,28-30,32H2,1-3H3/t39-,40-/m0/s1. The van der Waals surface area contributed by atoms with E-state index in [2.05, 4.69) is 159 Å². The van der Waals surface area contributed by atoms with Crippen LogP contribution < -0.4 is 14.8 Å². The minimum absolute atomic E-state index is 0.107. The van der Waals surface area contributed by atoms with Gasteiger partial charge >= 0.3 is 8.32 Å². The van der Waals surface area contributed by atoms with Gasteiger partial charge < -0.3 is 8.84 Å². The van der Waals surface area contributed by atoms with Crippen molar-refractivity contribution in [2.45, 2.75) is 70.0 Å². The van der Waals surface area contributed by atoms with Gasteiger partial charge in [-0.3, -0.25) is 4.90 Å². The second-order valence-corrected chi connectivity index (χ2v) is 19.1. The fraction of sp³-hybridized carbons (Fsp3) is 0.267. The largest absolute Gasteiger partial charge is 0.534 e. The molecule has 1 aromatic heterocycles. The van der Waals surface area contributed by atoms with Crippen molar-refractivity contribution >= 4 is 18.7 Å². The Morgan fingerprint density at radius 3 is 1.86 bits per heavy atom. The van der Waals surface area contributed by atoms with E-state index < -0.39 is 8.32 Å². The molecule has 0 spiro atoms. The van der Waals surface area contributed by atoms with Gasteiger partial charge in [-0.1, -0.05) is 154 Å². The summed E-state index contributed by atoms with van der Waals surface area (Å²) >= 11 is 0. The Balaban J connectivity index is 1.19. The van der Waals surface area contributed by atoms with E-state index in [0.29, 0.717) is 0 Å². The zero-order valence-electron chi connectivity index (χ0n) is 29.4. The Morgan fingerprint density at radius 1 is 0.660 bits per heavy atom. The first-order chi connectivity index (χ1) is 24.4. The SMILES string of the molecule is CC(C)(C)[Si](Oc1cccc2c1CCC[C@@H]2N1CCC[C@H]1c1nc(-c2ccccc2)c(-c2ccccc2)o1)(c1ccccc1)c1ccccc1. The molecule has 2 heterocycles. The normalized spacial score (nSPS) is 18.1. The van der Waals surface area contributed by atoms with E-state index in [-0.39, 0.29) is 17.1 Å². The van der Waals surface area contributed by atoms with E-state index in [1.54, 1.807) is 0 Å². The summed E-state index contributed by atoms with van der Waals surface area (Å²) in [4.78, 5) is 7.95. The second-order valence-electron chi connectivity index (χ2n) is 14.9. The van der Waals surface area contributed by atoms with E-state index in [9.17, 15) is 0 Å². The van der Waals surface area contributed by atoms with E-state index in [1.807, 2.05) is 6.07 Å². The zero-order chi connectivity index (χ0) is 34.1. The molecule has 2 atom stereocenters. The Hall–Kier alpha value is -4.71. The van der Waals surface area contributed by atoms with E-state index in [0.717, 1.165) is 72.9 Å². The first-order valence-electron chi connectivity index (χ1n) is 18.2. The molecule has 252 valence electrons. The monoisotopic (exact) mass is 674 g/mol. The Bertz CT molecular complexity index is 1940. The molecule has 0 unspecified atom stereocenters. The molecule has 8 rings (SSSR count). The van der Waals surface area contributed by atoms with Crippen molar-refractivity contribution in [3.8, 4) is 28.3 Å². The third kappa shape index (κ3) is 5.82. The second kappa shape index (κ2) is 13.5. The highest BCUT2D eigenvalue weighted by molar-refractivity contribution is 7.00. The van der Waals surface area contributed by atoms with Gasteiger partial charge in [-0.2, -0.15) is 0 Å². The quantitative estimate of drug-likeness (QED) is 0.151. The molecule has 0 bridgehead atoms. The van der Waals surface area contributed by atoms with Crippen molar-refractivity contribution in [3.63, 3.8) is 0 Å². The Morgan fingerprint density at radius 2 is 1.24 bits per heavy atom. The topological polar surface area (TPSA) is 38.5 Å². The van der Waals surface area contributed by atoms with Crippen LogP contribution in [0, 0.1) is 0 Å². The Labute approximate surface area is 297 Å². The van der Waals surface area contributed by atoms with Crippen LogP contribution in [-0.4, -0.2) is 24.7 Å². The lowest BCUT2D eigenvalue weighted by Gasteiger charge is -2.44. The van der Waals surface area contributed by atoms with Crippen LogP contribution in [0.4, 0.5) is 0 Å². The number of hydrogen-bond donors (Lipinski definition) is 0. The molecule has 1 aliphatic carbocycles.